The van der Waals surface area contributed by atoms with Crippen LogP contribution in [0.25, 0.3) is 0 Å². The molecule has 2 unspecified atom stereocenters. The average molecular weight is 239 g/mol. The van der Waals surface area contributed by atoms with Crippen molar-refractivity contribution in [3.05, 3.63) is 22.4 Å². The third kappa shape index (κ3) is 3.30. The van der Waals surface area contributed by atoms with Crippen LogP contribution in [0.5, 0.6) is 0 Å². The fourth-order valence-electron chi connectivity index (χ4n) is 2.18. The van der Waals surface area contributed by atoms with Crippen LogP contribution in [0.1, 0.15) is 43.5 Å². The Balaban J connectivity index is 1.78. The Morgan fingerprint density at radius 1 is 1.56 bits per heavy atom. The van der Waals surface area contributed by atoms with Gasteiger partial charge in [0.1, 0.15) is 0 Å². The number of hydrogen-bond donors (Lipinski definition) is 1. The maximum Gasteiger partial charge on any atom is 0.0699 e. The summed E-state index contributed by atoms with van der Waals surface area (Å²) in [6.45, 7) is 4.18. The first kappa shape index (κ1) is 12.1. The van der Waals surface area contributed by atoms with Gasteiger partial charge in [-0.15, -0.1) is 11.3 Å². The first-order chi connectivity index (χ1) is 7.90. The topological polar surface area (TPSA) is 21.3 Å². The maximum atomic E-state index is 5.73. The van der Waals surface area contributed by atoms with Crippen molar-refractivity contribution in [1.29, 1.82) is 0 Å². The zero-order chi connectivity index (χ0) is 11.2. The lowest BCUT2D eigenvalue weighted by Gasteiger charge is -2.25. The summed E-state index contributed by atoms with van der Waals surface area (Å²) in [5, 5.41) is 5.78. The second-order valence-electron chi connectivity index (χ2n) is 4.37. The molecule has 90 valence electrons. The zero-order valence-electron chi connectivity index (χ0n) is 9.95. The molecule has 16 heavy (non-hydrogen) atoms. The fourth-order valence-corrected chi connectivity index (χ4v) is 3.06. The third-order valence-electron chi connectivity index (χ3n) is 3.16. The highest BCUT2D eigenvalue weighted by Gasteiger charge is 2.16. The molecule has 0 aromatic carbocycles. The van der Waals surface area contributed by atoms with Gasteiger partial charge in [0.2, 0.25) is 0 Å². The van der Waals surface area contributed by atoms with Crippen molar-refractivity contribution in [1.82, 2.24) is 5.32 Å². The molecule has 1 N–H and O–H groups in total. The molecule has 2 heterocycles. The van der Waals surface area contributed by atoms with Gasteiger partial charge in [-0.2, -0.15) is 0 Å². The highest BCUT2D eigenvalue weighted by Crippen LogP contribution is 2.22. The van der Waals surface area contributed by atoms with E-state index in [9.17, 15) is 0 Å². The van der Waals surface area contributed by atoms with E-state index in [1.54, 1.807) is 0 Å². The lowest BCUT2D eigenvalue weighted by atomic mass is 10.1. The Morgan fingerprint density at radius 2 is 2.50 bits per heavy atom. The normalized spacial score (nSPS) is 23.2. The quantitative estimate of drug-likeness (QED) is 0.850. The van der Waals surface area contributed by atoms with Crippen molar-refractivity contribution in [2.24, 2.45) is 0 Å². The molecule has 1 aliphatic heterocycles. The lowest BCUT2D eigenvalue weighted by molar-refractivity contribution is 0.0153. The summed E-state index contributed by atoms with van der Waals surface area (Å²) in [6.07, 6.45) is 5.35. The van der Waals surface area contributed by atoms with E-state index in [2.05, 4.69) is 29.8 Å². The Hall–Kier alpha value is -0.380. The molecule has 0 radical (unpaired) electrons. The van der Waals surface area contributed by atoms with Gasteiger partial charge in [0, 0.05) is 24.1 Å². The molecule has 1 aromatic rings. The molecule has 1 fully saturated rings. The second kappa shape index (κ2) is 6.38. The number of ether oxygens (including phenoxy) is 1. The molecule has 0 amide bonds. The third-order valence-corrected chi connectivity index (χ3v) is 4.15. The molecule has 2 nitrogen and oxygen atoms in total. The molecule has 0 saturated carbocycles. The SMILES string of the molecule is CCC(NCC1CCCCO1)c1cccs1. The predicted molar refractivity (Wildman–Crippen MR) is 68.9 cm³/mol. The molecule has 2 rings (SSSR count). The van der Waals surface area contributed by atoms with Gasteiger partial charge in [0.05, 0.1) is 6.10 Å². The Morgan fingerprint density at radius 3 is 3.12 bits per heavy atom. The van der Waals surface area contributed by atoms with Gasteiger partial charge in [-0.05, 0) is 37.1 Å². The van der Waals surface area contributed by atoms with Gasteiger partial charge >= 0.3 is 0 Å². The number of thiophene rings is 1. The molecular formula is C13H21NOS. The maximum absolute atomic E-state index is 5.73. The van der Waals surface area contributed by atoms with E-state index >= 15 is 0 Å². The van der Waals surface area contributed by atoms with Gasteiger partial charge in [-0.25, -0.2) is 0 Å². The molecule has 0 aliphatic carbocycles. The van der Waals surface area contributed by atoms with Crippen LogP contribution >= 0.6 is 11.3 Å². The summed E-state index contributed by atoms with van der Waals surface area (Å²) >= 11 is 1.84. The van der Waals surface area contributed by atoms with Crippen LogP contribution in [0.3, 0.4) is 0 Å². The Bertz CT molecular complexity index is 280. The molecule has 3 heteroatoms. The van der Waals surface area contributed by atoms with Crippen LogP contribution in [-0.4, -0.2) is 19.3 Å². The molecule has 2 atom stereocenters. The first-order valence-corrected chi connectivity index (χ1v) is 7.16. The van der Waals surface area contributed by atoms with Gasteiger partial charge < -0.3 is 10.1 Å². The average Bonchev–Trinajstić information content (AvgIpc) is 2.85. The van der Waals surface area contributed by atoms with Crippen LogP contribution in [0.15, 0.2) is 17.5 Å². The van der Waals surface area contributed by atoms with Crippen LogP contribution in [0.2, 0.25) is 0 Å². The Kier molecular flexibility index (Phi) is 4.82. The second-order valence-corrected chi connectivity index (χ2v) is 5.35. The molecular weight excluding hydrogens is 218 g/mol. The number of nitrogens with one attached hydrogen (secondary N) is 1. The first-order valence-electron chi connectivity index (χ1n) is 6.28. The highest BCUT2D eigenvalue weighted by atomic mass is 32.1. The largest absolute Gasteiger partial charge is 0.377 e. The molecule has 1 aliphatic rings. The number of hydrogen-bond acceptors (Lipinski definition) is 3. The van der Waals surface area contributed by atoms with E-state index in [1.807, 2.05) is 11.3 Å². The van der Waals surface area contributed by atoms with Crippen LogP contribution in [0.4, 0.5) is 0 Å². The van der Waals surface area contributed by atoms with Gasteiger partial charge in [0.15, 0.2) is 0 Å². The van der Waals surface area contributed by atoms with E-state index in [0.717, 1.165) is 19.6 Å². The summed E-state index contributed by atoms with van der Waals surface area (Å²) in [5.74, 6) is 0. The van der Waals surface area contributed by atoms with Crippen LogP contribution < -0.4 is 5.32 Å². The van der Waals surface area contributed by atoms with Gasteiger partial charge in [-0.3, -0.25) is 0 Å². The van der Waals surface area contributed by atoms with E-state index in [0.29, 0.717) is 12.1 Å². The Labute approximate surface area is 102 Å². The minimum atomic E-state index is 0.433. The standard InChI is InChI=1S/C13H21NOS/c1-2-12(13-7-5-9-16-13)14-10-11-6-3-4-8-15-11/h5,7,9,11-12,14H,2-4,6,8,10H2,1H3. The van der Waals surface area contributed by atoms with Crippen molar-refractivity contribution >= 4 is 11.3 Å². The summed E-state index contributed by atoms with van der Waals surface area (Å²) in [5.41, 5.74) is 0. The van der Waals surface area contributed by atoms with Crippen molar-refractivity contribution in [3.8, 4) is 0 Å². The summed E-state index contributed by atoms with van der Waals surface area (Å²) in [7, 11) is 0. The van der Waals surface area contributed by atoms with Crippen LogP contribution in [0, 0.1) is 0 Å². The smallest absolute Gasteiger partial charge is 0.0699 e. The van der Waals surface area contributed by atoms with E-state index in [4.69, 9.17) is 4.74 Å². The molecule has 1 saturated heterocycles. The van der Waals surface area contributed by atoms with Crippen molar-refractivity contribution in [2.75, 3.05) is 13.2 Å². The molecule has 1 aromatic heterocycles. The van der Waals surface area contributed by atoms with E-state index in [-0.39, 0.29) is 0 Å². The van der Waals surface area contributed by atoms with E-state index in [1.165, 1.54) is 24.1 Å². The zero-order valence-corrected chi connectivity index (χ0v) is 10.8. The van der Waals surface area contributed by atoms with Gasteiger partial charge in [-0.1, -0.05) is 13.0 Å². The fraction of sp³-hybridized carbons (Fsp3) is 0.692. The van der Waals surface area contributed by atoms with Crippen molar-refractivity contribution in [3.63, 3.8) is 0 Å². The highest BCUT2D eigenvalue weighted by molar-refractivity contribution is 7.10. The minimum absolute atomic E-state index is 0.433. The summed E-state index contributed by atoms with van der Waals surface area (Å²) < 4.78 is 5.73. The van der Waals surface area contributed by atoms with Crippen molar-refractivity contribution in [2.45, 2.75) is 44.8 Å². The molecule has 0 bridgehead atoms. The van der Waals surface area contributed by atoms with Crippen molar-refractivity contribution < 1.29 is 4.74 Å². The monoisotopic (exact) mass is 239 g/mol. The lowest BCUT2D eigenvalue weighted by Crippen LogP contribution is -2.33. The van der Waals surface area contributed by atoms with E-state index < -0.39 is 0 Å². The molecule has 0 spiro atoms. The minimum Gasteiger partial charge on any atom is -0.377 e. The van der Waals surface area contributed by atoms with Crippen LogP contribution in [-0.2, 0) is 4.74 Å². The summed E-state index contributed by atoms with van der Waals surface area (Å²) in [4.78, 5) is 1.44. The number of rotatable bonds is 5. The predicted octanol–water partition coefficient (Wildman–Crippen LogP) is 3.36. The summed E-state index contributed by atoms with van der Waals surface area (Å²) in [6, 6.07) is 4.85. The van der Waals surface area contributed by atoms with Gasteiger partial charge in [0.25, 0.3) is 0 Å².